The van der Waals surface area contributed by atoms with Crippen LogP contribution in [0.5, 0.6) is 0 Å². The molecule has 0 aliphatic carbocycles. The zero-order chi connectivity index (χ0) is 6.69. The molecule has 0 N–H and O–H groups in total. The predicted octanol–water partition coefficient (Wildman–Crippen LogP) is 1.12. The van der Waals surface area contributed by atoms with Gasteiger partial charge in [0, 0.05) is 0 Å². The first-order valence-electron chi connectivity index (χ1n) is 2.72. The van der Waals surface area contributed by atoms with Gasteiger partial charge in [-0.25, -0.2) is 0 Å². The second-order valence-corrected chi connectivity index (χ2v) is 2.76. The first kappa shape index (κ1) is 6.60. The summed E-state index contributed by atoms with van der Waals surface area (Å²) in [5, 5.41) is 0. The standard InChI is InChI=1S/C8H7Se/c1-2-7-3-5-8(9)6-4-7/h2-6H,1H2. The van der Waals surface area contributed by atoms with Gasteiger partial charge < -0.3 is 0 Å². The molecule has 9 heavy (non-hydrogen) atoms. The van der Waals surface area contributed by atoms with Gasteiger partial charge in [0.25, 0.3) is 0 Å². The van der Waals surface area contributed by atoms with E-state index in [1.165, 1.54) is 4.46 Å². The Balaban J connectivity index is 3.01. The fraction of sp³-hybridized carbons (Fsp3) is 0. The van der Waals surface area contributed by atoms with Gasteiger partial charge in [-0.1, -0.05) is 0 Å². The van der Waals surface area contributed by atoms with E-state index in [0.29, 0.717) is 0 Å². The van der Waals surface area contributed by atoms with Crippen LogP contribution < -0.4 is 4.46 Å². The summed E-state index contributed by atoms with van der Waals surface area (Å²) in [6.07, 6.45) is 1.83. The van der Waals surface area contributed by atoms with E-state index in [1.807, 2.05) is 30.3 Å². The van der Waals surface area contributed by atoms with Crippen LogP contribution >= 0.6 is 0 Å². The average molecular weight is 182 g/mol. The first-order chi connectivity index (χ1) is 4.33. The summed E-state index contributed by atoms with van der Waals surface area (Å²) >= 11 is 2.92. The quantitative estimate of drug-likeness (QED) is 0.571. The van der Waals surface area contributed by atoms with Crippen molar-refractivity contribution in [3.05, 3.63) is 36.4 Å². The molecule has 0 fully saturated rings. The second kappa shape index (κ2) is 2.86. The van der Waals surface area contributed by atoms with Crippen molar-refractivity contribution in [1.82, 2.24) is 0 Å². The second-order valence-electron chi connectivity index (χ2n) is 1.77. The van der Waals surface area contributed by atoms with Gasteiger partial charge in [0.2, 0.25) is 0 Å². The molecule has 0 bridgehead atoms. The van der Waals surface area contributed by atoms with E-state index in [9.17, 15) is 0 Å². The third kappa shape index (κ3) is 1.70. The van der Waals surface area contributed by atoms with Crippen molar-refractivity contribution in [1.29, 1.82) is 0 Å². The van der Waals surface area contributed by atoms with Crippen LogP contribution in [0, 0.1) is 0 Å². The van der Waals surface area contributed by atoms with Gasteiger partial charge in [0.15, 0.2) is 0 Å². The number of hydrogen-bond donors (Lipinski definition) is 0. The molecule has 0 nitrogen and oxygen atoms in total. The summed E-state index contributed by atoms with van der Waals surface area (Å²) in [5.74, 6) is 0. The monoisotopic (exact) mass is 183 g/mol. The summed E-state index contributed by atoms with van der Waals surface area (Å²) in [6.45, 7) is 3.65. The molecule has 1 aromatic rings. The fourth-order valence-electron chi connectivity index (χ4n) is 0.604. The normalized spacial score (nSPS) is 8.89. The molecule has 0 spiro atoms. The molecule has 1 aromatic carbocycles. The van der Waals surface area contributed by atoms with Crippen molar-refractivity contribution in [2.45, 2.75) is 0 Å². The fourth-order valence-corrected chi connectivity index (χ4v) is 0.889. The van der Waals surface area contributed by atoms with Crippen molar-refractivity contribution >= 4 is 26.6 Å². The summed E-state index contributed by atoms with van der Waals surface area (Å²) in [5.41, 5.74) is 1.16. The maximum absolute atomic E-state index is 3.65. The molecule has 0 aromatic heterocycles. The third-order valence-electron chi connectivity index (χ3n) is 1.12. The van der Waals surface area contributed by atoms with Gasteiger partial charge in [-0.15, -0.1) is 0 Å². The molecule has 1 radical (unpaired) electrons. The predicted molar refractivity (Wildman–Crippen MR) is 41.9 cm³/mol. The van der Waals surface area contributed by atoms with E-state index < -0.39 is 0 Å². The van der Waals surface area contributed by atoms with Crippen LogP contribution in [-0.4, -0.2) is 16.0 Å². The minimum atomic E-state index is 1.16. The Morgan fingerprint density at radius 3 is 2.22 bits per heavy atom. The Kier molecular flexibility index (Phi) is 2.10. The topological polar surface area (TPSA) is 0 Å². The van der Waals surface area contributed by atoms with E-state index in [-0.39, 0.29) is 0 Å². The summed E-state index contributed by atoms with van der Waals surface area (Å²) < 4.78 is 1.17. The van der Waals surface area contributed by atoms with Crippen molar-refractivity contribution < 1.29 is 0 Å². The maximum atomic E-state index is 3.65. The Hall–Kier alpha value is -0.521. The molecule has 0 atom stereocenters. The number of rotatable bonds is 1. The zero-order valence-electron chi connectivity index (χ0n) is 5.00. The van der Waals surface area contributed by atoms with Crippen LogP contribution in [0.1, 0.15) is 5.56 Å². The molecule has 0 saturated heterocycles. The van der Waals surface area contributed by atoms with E-state index in [1.54, 1.807) is 0 Å². The Labute approximate surface area is 63.4 Å². The van der Waals surface area contributed by atoms with Gasteiger partial charge in [-0.3, -0.25) is 0 Å². The summed E-state index contributed by atoms with van der Waals surface area (Å²) in [6, 6.07) is 8.10. The van der Waals surface area contributed by atoms with Crippen molar-refractivity contribution in [3.8, 4) is 0 Å². The van der Waals surface area contributed by atoms with E-state index in [2.05, 4.69) is 22.6 Å². The van der Waals surface area contributed by atoms with Crippen LogP contribution in [0.25, 0.3) is 6.08 Å². The molecule has 0 aliphatic heterocycles. The van der Waals surface area contributed by atoms with Crippen LogP contribution in [0.15, 0.2) is 30.8 Å². The molecule has 1 rings (SSSR count). The van der Waals surface area contributed by atoms with E-state index >= 15 is 0 Å². The number of hydrogen-bond acceptors (Lipinski definition) is 0. The Morgan fingerprint density at radius 2 is 1.78 bits per heavy atom. The molecular weight excluding hydrogens is 175 g/mol. The first-order valence-corrected chi connectivity index (χ1v) is 3.58. The van der Waals surface area contributed by atoms with Gasteiger partial charge in [0.05, 0.1) is 0 Å². The molecule has 1 heteroatoms. The molecule has 0 unspecified atom stereocenters. The molecule has 45 valence electrons. The van der Waals surface area contributed by atoms with Gasteiger partial charge in [-0.2, -0.15) is 0 Å². The average Bonchev–Trinajstić information content (AvgIpc) is 1.90. The summed E-state index contributed by atoms with van der Waals surface area (Å²) in [4.78, 5) is 0. The zero-order valence-corrected chi connectivity index (χ0v) is 6.72. The van der Waals surface area contributed by atoms with E-state index in [4.69, 9.17) is 0 Å². The summed E-state index contributed by atoms with van der Waals surface area (Å²) in [7, 11) is 0. The van der Waals surface area contributed by atoms with Crippen LogP contribution in [0.3, 0.4) is 0 Å². The Bertz CT molecular complexity index is 198. The van der Waals surface area contributed by atoms with Crippen LogP contribution in [-0.2, 0) is 0 Å². The number of benzene rings is 1. The van der Waals surface area contributed by atoms with E-state index in [0.717, 1.165) is 5.56 Å². The van der Waals surface area contributed by atoms with Gasteiger partial charge >= 0.3 is 63.0 Å². The van der Waals surface area contributed by atoms with Gasteiger partial charge in [0.1, 0.15) is 0 Å². The Morgan fingerprint density at radius 1 is 1.22 bits per heavy atom. The minimum absolute atomic E-state index is 1.16. The molecule has 0 amide bonds. The molecule has 0 heterocycles. The van der Waals surface area contributed by atoms with Crippen molar-refractivity contribution in [3.63, 3.8) is 0 Å². The van der Waals surface area contributed by atoms with Crippen molar-refractivity contribution in [2.24, 2.45) is 0 Å². The molecule has 0 saturated carbocycles. The van der Waals surface area contributed by atoms with Gasteiger partial charge in [-0.05, 0) is 0 Å². The van der Waals surface area contributed by atoms with Crippen molar-refractivity contribution in [2.75, 3.05) is 0 Å². The van der Waals surface area contributed by atoms with Crippen LogP contribution in [0.4, 0.5) is 0 Å². The third-order valence-corrected chi connectivity index (χ3v) is 1.69. The SMILES string of the molecule is C=Cc1ccc([Se])cc1. The molecule has 0 aliphatic rings. The van der Waals surface area contributed by atoms with Crippen LogP contribution in [0.2, 0.25) is 0 Å². The molecular formula is C8H7Se.